The van der Waals surface area contributed by atoms with Crippen LogP contribution in [0, 0.1) is 11.7 Å². The van der Waals surface area contributed by atoms with Crippen molar-refractivity contribution in [1.29, 1.82) is 0 Å². The van der Waals surface area contributed by atoms with Crippen LogP contribution >= 0.6 is 0 Å². The van der Waals surface area contributed by atoms with Crippen LogP contribution in [0.5, 0.6) is 0 Å². The van der Waals surface area contributed by atoms with Crippen molar-refractivity contribution in [1.82, 2.24) is 4.90 Å². The van der Waals surface area contributed by atoms with Gasteiger partial charge < -0.3 is 4.90 Å². The lowest BCUT2D eigenvalue weighted by molar-refractivity contribution is 0.0784. The van der Waals surface area contributed by atoms with E-state index in [1.165, 1.54) is 4.90 Å². The predicted octanol–water partition coefficient (Wildman–Crippen LogP) is 1.59. The number of hydrogen-bond acceptors (Lipinski definition) is 3. The van der Waals surface area contributed by atoms with Gasteiger partial charge in [-0.05, 0) is 30.5 Å². The molecule has 0 aliphatic carbocycles. The van der Waals surface area contributed by atoms with E-state index in [0.717, 1.165) is 24.6 Å². The zero-order valence-corrected chi connectivity index (χ0v) is 12.6. The summed E-state index contributed by atoms with van der Waals surface area (Å²) >= 11 is 0. The molecule has 0 saturated carbocycles. The summed E-state index contributed by atoms with van der Waals surface area (Å²) in [6.45, 7) is 4.50. The van der Waals surface area contributed by atoms with Crippen LogP contribution in [0.15, 0.2) is 23.1 Å². The van der Waals surface area contributed by atoms with Crippen molar-refractivity contribution in [2.24, 2.45) is 11.1 Å². The molecule has 0 atom stereocenters. The number of primary sulfonamides is 1. The first-order valence-corrected chi connectivity index (χ1v) is 7.75. The number of nitrogens with two attached hydrogens (primary N) is 1. The van der Waals surface area contributed by atoms with Gasteiger partial charge in [0.05, 0.1) is 10.5 Å². The van der Waals surface area contributed by atoms with E-state index in [1.54, 1.807) is 7.05 Å². The largest absolute Gasteiger partial charge is 0.342 e. The van der Waals surface area contributed by atoms with Gasteiger partial charge in [-0.2, -0.15) is 0 Å². The van der Waals surface area contributed by atoms with Crippen LogP contribution in [0.2, 0.25) is 0 Å². The Morgan fingerprint density at radius 1 is 1.40 bits per heavy atom. The molecule has 0 spiro atoms. The van der Waals surface area contributed by atoms with E-state index in [2.05, 4.69) is 0 Å². The molecule has 0 fully saturated rings. The molecule has 2 N–H and O–H groups in total. The highest BCUT2D eigenvalue weighted by Gasteiger charge is 2.19. The third kappa shape index (κ3) is 4.28. The first-order valence-electron chi connectivity index (χ1n) is 6.20. The van der Waals surface area contributed by atoms with Gasteiger partial charge in [0, 0.05) is 13.6 Å². The van der Waals surface area contributed by atoms with E-state index in [9.17, 15) is 17.6 Å². The van der Waals surface area contributed by atoms with Crippen molar-refractivity contribution in [2.75, 3.05) is 13.6 Å². The standard InChI is InChI=1S/C13H19FN2O3S/c1-9(2)6-7-16(3)13(17)11-8-10(20(15,18)19)4-5-12(11)14/h4-5,8-9H,6-7H2,1-3H3,(H2,15,18,19). The third-order valence-electron chi connectivity index (χ3n) is 2.89. The molecule has 0 unspecified atom stereocenters. The van der Waals surface area contributed by atoms with E-state index in [1.807, 2.05) is 13.8 Å². The number of carbonyl (C=O) groups excluding carboxylic acids is 1. The fraction of sp³-hybridized carbons (Fsp3) is 0.462. The molecule has 20 heavy (non-hydrogen) atoms. The molecule has 7 heteroatoms. The molecule has 1 aromatic rings. The Kier molecular flexibility index (Phi) is 5.24. The minimum absolute atomic E-state index is 0.278. The van der Waals surface area contributed by atoms with Gasteiger partial charge in [-0.25, -0.2) is 17.9 Å². The van der Waals surface area contributed by atoms with Crippen molar-refractivity contribution < 1.29 is 17.6 Å². The molecule has 0 aliphatic rings. The Hall–Kier alpha value is -1.47. The van der Waals surface area contributed by atoms with Gasteiger partial charge in [-0.1, -0.05) is 13.8 Å². The summed E-state index contributed by atoms with van der Waals surface area (Å²) in [6, 6.07) is 2.94. The molecule has 0 aliphatic heterocycles. The number of amides is 1. The van der Waals surface area contributed by atoms with E-state index < -0.39 is 21.7 Å². The van der Waals surface area contributed by atoms with Crippen molar-refractivity contribution in [3.05, 3.63) is 29.6 Å². The number of halogens is 1. The molecule has 1 aromatic carbocycles. The van der Waals surface area contributed by atoms with Crippen LogP contribution in [0.25, 0.3) is 0 Å². The monoisotopic (exact) mass is 302 g/mol. The molecule has 1 amide bonds. The second-order valence-electron chi connectivity index (χ2n) is 5.10. The smallest absolute Gasteiger partial charge is 0.256 e. The maximum absolute atomic E-state index is 13.7. The first kappa shape index (κ1) is 16.6. The van der Waals surface area contributed by atoms with Gasteiger partial charge >= 0.3 is 0 Å². The fourth-order valence-corrected chi connectivity index (χ4v) is 2.14. The van der Waals surface area contributed by atoms with Crippen molar-refractivity contribution in [3.8, 4) is 0 Å². The van der Waals surface area contributed by atoms with Crippen LogP contribution in [0.1, 0.15) is 30.6 Å². The summed E-state index contributed by atoms with van der Waals surface area (Å²) in [5.74, 6) is -0.918. The summed E-state index contributed by atoms with van der Waals surface area (Å²) in [5.41, 5.74) is -0.289. The highest BCUT2D eigenvalue weighted by molar-refractivity contribution is 7.89. The van der Waals surface area contributed by atoms with Gasteiger partial charge in [0.25, 0.3) is 5.91 Å². The molecule has 0 bridgehead atoms. The lowest BCUT2D eigenvalue weighted by Crippen LogP contribution is -2.29. The minimum atomic E-state index is -3.96. The van der Waals surface area contributed by atoms with Crippen LogP contribution in [-0.4, -0.2) is 32.8 Å². The molecule has 5 nitrogen and oxygen atoms in total. The van der Waals surface area contributed by atoms with E-state index in [4.69, 9.17) is 5.14 Å². The zero-order chi connectivity index (χ0) is 15.5. The highest BCUT2D eigenvalue weighted by Crippen LogP contribution is 2.16. The van der Waals surface area contributed by atoms with Crippen LogP contribution in [-0.2, 0) is 10.0 Å². The molecule has 0 radical (unpaired) electrons. The molecule has 1 rings (SSSR count). The Balaban J connectivity index is 3.03. The molecule has 0 saturated heterocycles. The van der Waals surface area contributed by atoms with E-state index >= 15 is 0 Å². The Morgan fingerprint density at radius 3 is 2.50 bits per heavy atom. The van der Waals surface area contributed by atoms with Gasteiger partial charge in [0.1, 0.15) is 5.82 Å². The number of sulfonamides is 1. The van der Waals surface area contributed by atoms with Crippen LogP contribution < -0.4 is 5.14 Å². The Morgan fingerprint density at radius 2 is 2.00 bits per heavy atom. The first-order chi connectivity index (χ1) is 9.12. The van der Waals surface area contributed by atoms with Gasteiger partial charge in [-0.15, -0.1) is 0 Å². The Labute approximate surface area is 118 Å². The summed E-state index contributed by atoms with van der Waals surface area (Å²) in [4.78, 5) is 13.2. The second-order valence-corrected chi connectivity index (χ2v) is 6.66. The number of carbonyl (C=O) groups is 1. The number of nitrogens with zero attached hydrogens (tertiary/aromatic N) is 1. The molecular formula is C13H19FN2O3S. The average Bonchev–Trinajstić information content (AvgIpc) is 2.34. The second kappa shape index (κ2) is 6.32. The average molecular weight is 302 g/mol. The number of hydrogen-bond donors (Lipinski definition) is 1. The van der Waals surface area contributed by atoms with Crippen molar-refractivity contribution >= 4 is 15.9 Å². The van der Waals surface area contributed by atoms with Gasteiger partial charge in [0.2, 0.25) is 10.0 Å². The number of rotatable bonds is 5. The van der Waals surface area contributed by atoms with Crippen LogP contribution in [0.3, 0.4) is 0 Å². The zero-order valence-electron chi connectivity index (χ0n) is 11.8. The molecule has 112 valence electrons. The summed E-state index contributed by atoms with van der Waals surface area (Å²) in [5, 5.41) is 4.98. The SMILES string of the molecule is CC(C)CCN(C)C(=O)c1cc(S(N)(=O)=O)ccc1F. The molecule has 0 heterocycles. The van der Waals surface area contributed by atoms with Gasteiger partial charge in [-0.3, -0.25) is 4.79 Å². The minimum Gasteiger partial charge on any atom is -0.342 e. The quantitative estimate of drug-likeness (QED) is 0.897. The lowest BCUT2D eigenvalue weighted by atomic mass is 10.1. The van der Waals surface area contributed by atoms with E-state index in [-0.39, 0.29) is 10.5 Å². The van der Waals surface area contributed by atoms with Crippen molar-refractivity contribution in [2.45, 2.75) is 25.2 Å². The lowest BCUT2D eigenvalue weighted by Gasteiger charge is -2.19. The van der Waals surface area contributed by atoms with E-state index in [0.29, 0.717) is 12.5 Å². The predicted molar refractivity (Wildman–Crippen MR) is 74.2 cm³/mol. The fourth-order valence-electron chi connectivity index (χ4n) is 1.60. The van der Waals surface area contributed by atoms with Crippen LogP contribution in [0.4, 0.5) is 4.39 Å². The number of benzene rings is 1. The molecule has 0 aromatic heterocycles. The summed E-state index contributed by atoms with van der Waals surface area (Å²) < 4.78 is 36.2. The summed E-state index contributed by atoms with van der Waals surface area (Å²) in [7, 11) is -2.42. The molecular weight excluding hydrogens is 283 g/mol. The maximum atomic E-state index is 13.7. The maximum Gasteiger partial charge on any atom is 0.256 e. The normalized spacial score (nSPS) is 11.7. The Bertz CT molecular complexity index is 600. The van der Waals surface area contributed by atoms with Crippen molar-refractivity contribution in [3.63, 3.8) is 0 Å². The summed E-state index contributed by atoms with van der Waals surface area (Å²) in [6.07, 6.45) is 0.777. The highest BCUT2D eigenvalue weighted by atomic mass is 32.2. The topological polar surface area (TPSA) is 80.5 Å². The van der Waals surface area contributed by atoms with Gasteiger partial charge in [0.15, 0.2) is 0 Å². The third-order valence-corrected chi connectivity index (χ3v) is 3.80.